The summed E-state index contributed by atoms with van der Waals surface area (Å²) in [5.74, 6) is -2.69. The molecule has 0 aromatic heterocycles. The van der Waals surface area contributed by atoms with E-state index in [-0.39, 0.29) is 5.92 Å². The predicted molar refractivity (Wildman–Crippen MR) is 66.5 cm³/mol. The van der Waals surface area contributed by atoms with Crippen LogP contribution < -0.4 is 0 Å². The number of rotatable bonds is 2. The standard InChI is InChI=1S/C13H17NO6/c1-18-11(15)9-7-4-5-8(10(9)12(16)19-2)14(6-7)13(17)20-3/h4-5,7-10H,6H2,1-3H3/t7-,8-,9-,10+/m0/s1. The molecule has 1 amide bonds. The molecule has 2 heterocycles. The van der Waals surface area contributed by atoms with Crippen LogP contribution in [0.2, 0.25) is 0 Å². The van der Waals surface area contributed by atoms with Crippen LogP contribution in [0.5, 0.6) is 0 Å². The van der Waals surface area contributed by atoms with Crippen molar-refractivity contribution in [2.75, 3.05) is 27.9 Å². The Bertz CT molecular complexity index is 460. The average Bonchev–Trinajstić information content (AvgIpc) is 2.51. The molecule has 0 saturated carbocycles. The third kappa shape index (κ3) is 2.13. The Morgan fingerprint density at radius 3 is 2.10 bits per heavy atom. The molecule has 0 aromatic rings. The zero-order valence-electron chi connectivity index (χ0n) is 11.6. The van der Waals surface area contributed by atoms with Crippen LogP contribution >= 0.6 is 0 Å². The van der Waals surface area contributed by atoms with Crippen molar-refractivity contribution in [3.05, 3.63) is 12.2 Å². The first-order valence-corrected chi connectivity index (χ1v) is 6.23. The van der Waals surface area contributed by atoms with E-state index in [0.29, 0.717) is 6.54 Å². The minimum Gasteiger partial charge on any atom is -0.469 e. The van der Waals surface area contributed by atoms with Crippen molar-refractivity contribution in [1.82, 2.24) is 4.90 Å². The smallest absolute Gasteiger partial charge is 0.410 e. The first-order valence-electron chi connectivity index (χ1n) is 6.23. The summed E-state index contributed by atoms with van der Waals surface area (Å²) < 4.78 is 14.3. The van der Waals surface area contributed by atoms with E-state index in [0.717, 1.165) is 0 Å². The molecule has 110 valence electrons. The van der Waals surface area contributed by atoms with E-state index >= 15 is 0 Å². The predicted octanol–water partition coefficient (Wildman–Crippen LogP) is 0.201. The molecule has 2 bridgehead atoms. The Labute approximate surface area is 116 Å². The molecule has 1 aliphatic carbocycles. The van der Waals surface area contributed by atoms with E-state index in [4.69, 9.17) is 14.2 Å². The van der Waals surface area contributed by atoms with Crippen LogP contribution in [0.25, 0.3) is 0 Å². The molecule has 0 N–H and O–H groups in total. The Hall–Kier alpha value is -2.05. The van der Waals surface area contributed by atoms with Gasteiger partial charge in [-0.3, -0.25) is 9.59 Å². The number of ether oxygens (including phenoxy) is 3. The summed E-state index contributed by atoms with van der Waals surface area (Å²) in [7, 11) is 3.81. The van der Waals surface area contributed by atoms with Gasteiger partial charge >= 0.3 is 18.0 Å². The van der Waals surface area contributed by atoms with Gasteiger partial charge in [-0.25, -0.2) is 4.79 Å². The van der Waals surface area contributed by atoms with Gasteiger partial charge in [-0.2, -0.15) is 0 Å². The lowest BCUT2D eigenvalue weighted by atomic mass is 9.69. The molecule has 0 unspecified atom stereocenters. The number of carbonyl (C=O) groups is 3. The third-order valence-electron chi connectivity index (χ3n) is 3.89. The summed E-state index contributed by atoms with van der Waals surface area (Å²) in [5, 5.41) is 0. The Kier molecular flexibility index (Phi) is 3.96. The van der Waals surface area contributed by atoms with Crippen molar-refractivity contribution < 1.29 is 28.6 Å². The summed E-state index contributed by atoms with van der Waals surface area (Å²) in [5.41, 5.74) is 0. The highest BCUT2D eigenvalue weighted by Gasteiger charge is 2.54. The quantitative estimate of drug-likeness (QED) is 0.409. The Morgan fingerprint density at radius 1 is 0.950 bits per heavy atom. The van der Waals surface area contributed by atoms with Crippen molar-refractivity contribution in [1.29, 1.82) is 0 Å². The molecule has 3 aliphatic rings. The largest absolute Gasteiger partial charge is 0.469 e. The summed E-state index contributed by atoms with van der Waals surface area (Å²) in [6, 6.07) is -0.552. The van der Waals surface area contributed by atoms with Gasteiger partial charge < -0.3 is 19.1 Å². The van der Waals surface area contributed by atoms with Crippen molar-refractivity contribution >= 4 is 18.0 Å². The molecular weight excluding hydrogens is 266 g/mol. The summed E-state index contributed by atoms with van der Waals surface area (Å²) in [6.45, 7) is 0.321. The molecule has 0 radical (unpaired) electrons. The summed E-state index contributed by atoms with van der Waals surface area (Å²) >= 11 is 0. The number of piperidine rings is 1. The van der Waals surface area contributed by atoms with E-state index in [1.165, 1.54) is 26.2 Å². The maximum Gasteiger partial charge on any atom is 0.410 e. The van der Waals surface area contributed by atoms with Gasteiger partial charge in [0, 0.05) is 12.5 Å². The fraction of sp³-hybridized carbons (Fsp3) is 0.615. The van der Waals surface area contributed by atoms with Gasteiger partial charge in [-0.15, -0.1) is 0 Å². The summed E-state index contributed by atoms with van der Waals surface area (Å²) in [4.78, 5) is 37.1. The molecule has 20 heavy (non-hydrogen) atoms. The van der Waals surface area contributed by atoms with Crippen LogP contribution in [0, 0.1) is 17.8 Å². The molecule has 0 aromatic carbocycles. The topological polar surface area (TPSA) is 82.1 Å². The number of amides is 1. The highest BCUT2D eigenvalue weighted by Crippen LogP contribution is 2.40. The molecule has 4 atom stereocenters. The zero-order valence-corrected chi connectivity index (χ0v) is 11.6. The normalized spacial score (nSPS) is 30.9. The Morgan fingerprint density at radius 2 is 1.55 bits per heavy atom. The third-order valence-corrected chi connectivity index (χ3v) is 3.89. The number of methoxy groups -OCH3 is 3. The van der Waals surface area contributed by atoms with E-state index < -0.39 is 35.9 Å². The lowest BCUT2D eigenvalue weighted by molar-refractivity contribution is -0.165. The fourth-order valence-electron chi connectivity index (χ4n) is 2.99. The van der Waals surface area contributed by atoms with Crippen LogP contribution in [0.1, 0.15) is 0 Å². The van der Waals surface area contributed by atoms with Gasteiger partial charge in [0.15, 0.2) is 0 Å². The number of hydrogen-bond acceptors (Lipinski definition) is 6. The minimum absolute atomic E-state index is 0.282. The fourth-order valence-corrected chi connectivity index (χ4v) is 2.99. The van der Waals surface area contributed by atoms with Gasteiger partial charge in [0.05, 0.1) is 39.2 Å². The van der Waals surface area contributed by atoms with Gasteiger partial charge in [0.25, 0.3) is 0 Å². The van der Waals surface area contributed by atoms with Gasteiger partial charge in [0.2, 0.25) is 0 Å². The lowest BCUT2D eigenvalue weighted by Crippen LogP contribution is -2.61. The number of nitrogens with zero attached hydrogens (tertiary/aromatic N) is 1. The molecule has 1 fully saturated rings. The maximum atomic E-state index is 12.0. The van der Waals surface area contributed by atoms with Gasteiger partial charge in [0.1, 0.15) is 0 Å². The van der Waals surface area contributed by atoms with Crippen LogP contribution in [-0.2, 0) is 23.8 Å². The van der Waals surface area contributed by atoms with Gasteiger partial charge in [-0.05, 0) is 0 Å². The number of carbonyl (C=O) groups excluding carboxylic acids is 3. The molecule has 2 aliphatic heterocycles. The number of hydrogen-bond donors (Lipinski definition) is 0. The SMILES string of the molecule is COC(=O)[C@@H]1[C@H](C(=O)OC)[C@@H]2C=C[C@H]1CN2C(=O)OC. The molecule has 3 rings (SSSR count). The monoisotopic (exact) mass is 283 g/mol. The summed E-state index contributed by atoms with van der Waals surface area (Å²) in [6.07, 6.45) is 3.05. The molecule has 7 heteroatoms. The van der Waals surface area contributed by atoms with E-state index in [1.54, 1.807) is 6.08 Å². The second-order valence-electron chi connectivity index (χ2n) is 4.76. The maximum absolute atomic E-state index is 12.0. The van der Waals surface area contributed by atoms with Crippen molar-refractivity contribution in [3.8, 4) is 0 Å². The second-order valence-corrected chi connectivity index (χ2v) is 4.76. The molecule has 7 nitrogen and oxygen atoms in total. The van der Waals surface area contributed by atoms with Crippen LogP contribution in [0.4, 0.5) is 4.79 Å². The first kappa shape index (κ1) is 14.4. The lowest BCUT2D eigenvalue weighted by Gasteiger charge is -2.47. The van der Waals surface area contributed by atoms with Gasteiger partial charge in [-0.1, -0.05) is 12.2 Å². The average molecular weight is 283 g/mol. The van der Waals surface area contributed by atoms with Crippen LogP contribution in [0.15, 0.2) is 12.2 Å². The second kappa shape index (κ2) is 5.52. The van der Waals surface area contributed by atoms with Crippen molar-refractivity contribution in [2.45, 2.75) is 6.04 Å². The van der Waals surface area contributed by atoms with E-state index in [9.17, 15) is 14.4 Å². The number of esters is 2. The van der Waals surface area contributed by atoms with Crippen molar-refractivity contribution in [2.24, 2.45) is 17.8 Å². The van der Waals surface area contributed by atoms with Crippen molar-refractivity contribution in [3.63, 3.8) is 0 Å². The highest BCUT2D eigenvalue weighted by atomic mass is 16.5. The van der Waals surface area contributed by atoms with Crippen LogP contribution in [0.3, 0.4) is 0 Å². The van der Waals surface area contributed by atoms with E-state index in [2.05, 4.69) is 0 Å². The first-order chi connectivity index (χ1) is 9.54. The van der Waals surface area contributed by atoms with E-state index in [1.807, 2.05) is 6.08 Å². The minimum atomic E-state index is -0.768. The van der Waals surface area contributed by atoms with Crippen LogP contribution in [-0.4, -0.2) is 56.8 Å². The molecular formula is C13H17NO6. The highest BCUT2D eigenvalue weighted by molar-refractivity contribution is 5.85. The molecule has 0 spiro atoms. The number of fused-ring (bicyclic) bond motifs is 2. The Balaban J connectivity index is 2.36. The molecule has 1 saturated heterocycles. The zero-order chi connectivity index (χ0) is 14.9.